The fourth-order valence-electron chi connectivity index (χ4n) is 2.30. The van der Waals surface area contributed by atoms with Crippen LogP contribution >= 0.6 is 0 Å². The van der Waals surface area contributed by atoms with Crippen molar-refractivity contribution in [1.82, 2.24) is 0 Å². The molecule has 0 aliphatic rings. The van der Waals surface area contributed by atoms with Gasteiger partial charge in [0.2, 0.25) is 21.5 Å². The number of hydrogen-bond donors (Lipinski definition) is 0. The second-order valence-electron chi connectivity index (χ2n) is 5.27. The molecule has 0 amide bonds. The van der Waals surface area contributed by atoms with Crippen molar-refractivity contribution >= 4 is 32.6 Å². The quantitative estimate of drug-likeness (QED) is 0.342. The van der Waals surface area contributed by atoms with Gasteiger partial charge >= 0.3 is 22.7 Å². The Kier molecular flexibility index (Phi) is 5.57. The number of benzene rings is 2. The lowest BCUT2D eigenvalue weighted by Gasteiger charge is -2.09. The van der Waals surface area contributed by atoms with Crippen LogP contribution in [0.4, 0.5) is 40.3 Å². The van der Waals surface area contributed by atoms with E-state index < -0.39 is 97.5 Å². The molecule has 0 unspecified atom stereocenters. The second-order valence-corrected chi connectivity index (χ2v) is 7.16. The first-order valence-electron chi connectivity index (χ1n) is 7.01. The molecule has 2 aromatic carbocycles. The third-order valence-corrected chi connectivity index (χ3v) is 5.34. The Hall–Kier alpha value is -4.29. The molecule has 0 heterocycles. The minimum Gasteiger partial charge on any atom is -0.258 e. The highest BCUT2D eigenvalue weighted by molar-refractivity contribution is 7.91. The zero-order valence-corrected chi connectivity index (χ0v) is 14.8. The molecule has 0 saturated heterocycles. The SMILES string of the molecule is O=[N+]([O-])c1cc(S(=O)(=O)c2cc([N+](=O)[O-])c([N+](=O)[O-])c(F)c2F)c(F)c(F)c1[N+](=O)[O-]. The van der Waals surface area contributed by atoms with Crippen LogP contribution < -0.4 is 0 Å². The van der Waals surface area contributed by atoms with Crippen LogP contribution in [0.25, 0.3) is 0 Å². The van der Waals surface area contributed by atoms with Gasteiger partial charge in [-0.05, 0) is 0 Å². The lowest BCUT2D eigenvalue weighted by molar-refractivity contribution is -0.424. The Morgan fingerprint density at radius 2 is 0.871 bits per heavy atom. The van der Waals surface area contributed by atoms with E-state index in [1.165, 1.54) is 0 Å². The maximum absolute atomic E-state index is 14.2. The van der Waals surface area contributed by atoms with E-state index in [1.54, 1.807) is 0 Å². The van der Waals surface area contributed by atoms with Gasteiger partial charge in [0.05, 0.1) is 19.7 Å². The fraction of sp³-hybridized carbons (Fsp3) is 0. The topological polar surface area (TPSA) is 207 Å². The van der Waals surface area contributed by atoms with Gasteiger partial charge in [0.25, 0.3) is 0 Å². The van der Waals surface area contributed by atoms with Crippen molar-refractivity contribution in [2.24, 2.45) is 0 Å². The Labute approximate surface area is 164 Å². The van der Waals surface area contributed by atoms with Crippen molar-refractivity contribution in [3.63, 3.8) is 0 Å². The van der Waals surface area contributed by atoms with Gasteiger partial charge in [-0.25, -0.2) is 17.2 Å². The smallest absolute Gasteiger partial charge is 0.258 e. The summed E-state index contributed by atoms with van der Waals surface area (Å²) in [5.41, 5.74) is -8.00. The molecular weight excluding hydrogens is 468 g/mol. The Morgan fingerprint density at radius 3 is 1.10 bits per heavy atom. The van der Waals surface area contributed by atoms with Crippen LogP contribution in [-0.4, -0.2) is 28.1 Å². The first kappa shape index (κ1) is 23.0. The number of nitro groups is 4. The summed E-state index contributed by atoms with van der Waals surface area (Å²) in [6, 6.07) is -0.785. The monoisotopic (exact) mass is 470 g/mol. The van der Waals surface area contributed by atoms with E-state index in [1.807, 2.05) is 0 Å². The average Bonchev–Trinajstić information content (AvgIpc) is 2.63. The highest BCUT2D eigenvalue weighted by Gasteiger charge is 2.42. The molecule has 19 heteroatoms. The maximum atomic E-state index is 14.2. The lowest BCUT2D eigenvalue weighted by atomic mass is 10.2. The number of rotatable bonds is 6. The number of sulfone groups is 1. The van der Waals surface area contributed by atoms with E-state index >= 15 is 0 Å². The third kappa shape index (κ3) is 3.56. The van der Waals surface area contributed by atoms with Gasteiger partial charge in [-0.3, -0.25) is 40.5 Å². The molecule has 0 atom stereocenters. The molecule has 2 aromatic rings. The Balaban J connectivity index is 3.01. The third-order valence-electron chi connectivity index (χ3n) is 3.59. The van der Waals surface area contributed by atoms with Gasteiger partial charge in [0.15, 0.2) is 11.6 Å². The number of hydrogen-bond acceptors (Lipinski definition) is 10. The molecular formula is C12H2F4N4O10S. The van der Waals surface area contributed by atoms with E-state index in [9.17, 15) is 66.4 Å². The van der Waals surface area contributed by atoms with Crippen LogP contribution in [0.3, 0.4) is 0 Å². The normalized spacial score (nSPS) is 11.2. The molecule has 31 heavy (non-hydrogen) atoms. The minimum atomic E-state index is -5.93. The van der Waals surface area contributed by atoms with E-state index in [0.717, 1.165) is 0 Å². The van der Waals surface area contributed by atoms with Gasteiger partial charge in [-0.1, -0.05) is 0 Å². The van der Waals surface area contributed by atoms with E-state index in [0.29, 0.717) is 0 Å². The molecule has 0 saturated carbocycles. The second kappa shape index (κ2) is 7.51. The summed E-state index contributed by atoms with van der Waals surface area (Å²) in [5, 5.41) is 43.3. The molecule has 164 valence electrons. The van der Waals surface area contributed by atoms with Gasteiger partial charge < -0.3 is 0 Å². The van der Waals surface area contributed by atoms with Crippen molar-refractivity contribution in [3.8, 4) is 0 Å². The molecule has 0 spiro atoms. The van der Waals surface area contributed by atoms with Crippen molar-refractivity contribution in [3.05, 3.63) is 75.9 Å². The van der Waals surface area contributed by atoms with Crippen LogP contribution in [0.15, 0.2) is 21.9 Å². The molecule has 0 radical (unpaired) electrons. The fourth-order valence-corrected chi connectivity index (χ4v) is 3.72. The largest absolute Gasteiger partial charge is 0.384 e. The van der Waals surface area contributed by atoms with E-state index in [-0.39, 0.29) is 0 Å². The van der Waals surface area contributed by atoms with Crippen LogP contribution in [-0.2, 0) is 9.84 Å². The average molecular weight is 470 g/mol. The van der Waals surface area contributed by atoms with Crippen LogP contribution in [0.5, 0.6) is 0 Å². The van der Waals surface area contributed by atoms with Crippen LogP contribution in [0.1, 0.15) is 0 Å². The molecule has 0 bridgehead atoms. The predicted octanol–water partition coefficient (Wildman–Crippen LogP) is 2.71. The summed E-state index contributed by atoms with van der Waals surface area (Å²) in [6.45, 7) is 0. The molecule has 0 aromatic heterocycles. The number of halogens is 4. The van der Waals surface area contributed by atoms with Gasteiger partial charge in [-0.2, -0.15) is 8.78 Å². The van der Waals surface area contributed by atoms with Crippen LogP contribution in [0, 0.1) is 63.7 Å². The lowest BCUT2D eigenvalue weighted by Crippen LogP contribution is -2.13. The number of nitro benzene ring substituents is 4. The summed E-state index contributed by atoms with van der Waals surface area (Å²) in [5.74, 6) is -10.6. The van der Waals surface area contributed by atoms with E-state index in [4.69, 9.17) is 0 Å². The summed E-state index contributed by atoms with van der Waals surface area (Å²) in [4.78, 5) is 32.2. The highest BCUT2D eigenvalue weighted by atomic mass is 32.2. The molecule has 14 nitrogen and oxygen atoms in total. The van der Waals surface area contributed by atoms with Crippen molar-refractivity contribution < 1.29 is 45.7 Å². The maximum Gasteiger partial charge on any atom is 0.384 e. The van der Waals surface area contributed by atoms with Gasteiger partial charge in [0, 0.05) is 12.1 Å². The number of nitrogens with zero attached hydrogens (tertiary/aromatic N) is 4. The van der Waals surface area contributed by atoms with Crippen molar-refractivity contribution in [2.45, 2.75) is 9.79 Å². The van der Waals surface area contributed by atoms with Crippen molar-refractivity contribution in [1.29, 1.82) is 0 Å². The molecule has 0 aliphatic heterocycles. The summed E-state index contributed by atoms with van der Waals surface area (Å²) < 4.78 is 81.4. The highest BCUT2D eigenvalue weighted by Crippen LogP contribution is 2.40. The van der Waals surface area contributed by atoms with Crippen LogP contribution in [0.2, 0.25) is 0 Å². The van der Waals surface area contributed by atoms with Gasteiger partial charge in [0.1, 0.15) is 9.79 Å². The zero-order chi connectivity index (χ0) is 24.0. The molecule has 2 rings (SSSR count). The predicted molar refractivity (Wildman–Crippen MR) is 84.8 cm³/mol. The Morgan fingerprint density at radius 1 is 0.581 bits per heavy atom. The first-order valence-corrected chi connectivity index (χ1v) is 8.49. The summed E-state index contributed by atoms with van der Waals surface area (Å²) >= 11 is 0. The standard InChI is InChI=1S/C12H2F4N4O10S/c13-7-5(1-3(17(21)22)11(9(7)15)19(25)26)31(29,30)6-2-4(18(23)24)12(20(27)28)10(16)8(6)14/h1-2H. The first-order chi connectivity index (χ1) is 14.1. The van der Waals surface area contributed by atoms with Gasteiger partial charge in [-0.15, -0.1) is 0 Å². The summed E-state index contributed by atoms with van der Waals surface area (Å²) in [6.07, 6.45) is 0. The Bertz CT molecular complexity index is 1220. The van der Waals surface area contributed by atoms with Crippen molar-refractivity contribution in [2.75, 3.05) is 0 Å². The molecule has 0 fully saturated rings. The molecule has 0 aliphatic carbocycles. The zero-order valence-electron chi connectivity index (χ0n) is 13.9. The minimum absolute atomic E-state index is 0.392. The van der Waals surface area contributed by atoms with E-state index in [2.05, 4.69) is 0 Å². The molecule has 0 N–H and O–H groups in total. The summed E-state index contributed by atoms with van der Waals surface area (Å²) in [7, 11) is -5.93.